The number of alkyl carbamates (subject to hydrolysis) is 1. The number of nitrogens with zero attached hydrogens (tertiary/aromatic N) is 13. The summed E-state index contributed by atoms with van der Waals surface area (Å²) in [5.74, 6) is -15.7. The molecule has 0 radical (unpaired) electrons. The summed E-state index contributed by atoms with van der Waals surface area (Å²) in [6, 6.07) is 2.31. The Morgan fingerprint density at radius 2 is 1.10 bits per heavy atom. The number of ether oxygens (including phenoxy) is 2. The first-order valence-electron chi connectivity index (χ1n) is 42.7. The first-order valence-corrected chi connectivity index (χ1v) is 42.7. The molecule has 5 heterocycles. The Bertz CT molecular complexity index is 5490. The predicted octanol–water partition coefficient (Wildman–Crippen LogP) is -3.86. The van der Waals surface area contributed by atoms with E-state index in [9.17, 15) is 111 Å². The molecule has 0 spiro atoms. The summed E-state index contributed by atoms with van der Waals surface area (Å²) in [5, 5.41) is 30.5. The Morgan fingerprint density at radius 1 is 0.597 bits per heavy atom. The fourth-order valence-electron chi connectivity index (χ4n) is 14.9. The number of nitrogens with one attached hydrogen (secondary N) is 7. The van der Waals surface area contributed by atoms with Crippen LogP contribution in [0.3, 0.4) is 0 Å². The van der Waals surface area contributed by atoms with Crippen molar-refractivity contribution in [3.8, 4) is 11.4 Å². The number of halogens is 1. The molecule has 5 atom stereocenters. The first-order chi connectivity index (χ1) is 62.8. The number of benzene rings is 2. The van der Waals surface area contributed by atoms with Gasteiger partial charge in [-0.25, -0.2) is 19.0 Å². The summed E-state index contributed by atoms with van der Waals surface area (Å²) in [6.07, 6.45) is -0.502. The number of aryl methyl sites for hydroxylation is 1. The number of fused-ring (bicyclic) bond motifs is 5. The van der Waals surface area contributed by atoms with Gasteiger partial charge in [0.05, 0.1) is 112 Å². The standard InChI is InChI=1S/C87H114FN21O25/c1-17-87(132)54-31-61-80-52(33-109(61)83(128)53(54)45-133-85(87)130)78-57(21-19-51-47(4)55(88)32-60(95-80)77(51)78)97-86(131)134-44-50-18-20-56(96-81(126)48(5)91-82(127)79(46(2)3)92-49(6)110)59(30-50)94-64(113)26-28-90-63(112)23-22-58(93-65(114)27-29-108-66(115)24-25-67(108)116)84(129)107(16)43-76(125)106(15)42-75(124)105(14)41-74(123)104(13)40-73(122)103(12)39-72(121)102(11)38-71(120)101(10)37-70(119)100(9)36-69(118)99(8)35-68(117)98(7)34-62(89)111/h18,20,24-25,30-32,46,48,57-58,79,132H,17,19,21-23,26-29,33-45H2,1-16H3,(H2,89,111)(H,90,112)(H,91,127)(H,92,110)(H,93,114)(H,94,113)(H,96,126)(H,97,131)/t48-,57-,58-,79-,87-/m0/s1. The molecular formula is C87H114FN21O25. The lowest BCUT2D eigenvalue weighted by Crippen LogP contribution is -2.53. The second-order valence-electron chi connectivity index (χ2n) is 33.8. The van der Waals surface area contributed by atoms with Crippen molar-refractivity contribution >= 4 is 147 Å². The molecule has 0 bridgehead atoms. The van der Waals surface area contributed by atoms with Crippen LogP contribution >= 0.6 is 0 Å². The third-order valence-corrected chi connectivity index (χ3v) is 23.1. The van der Waals surface area contributed by atoms with Crippen molar-refractivity contribution in [2.45, 2.75) is 136 Å². The van der Waals surface area contributed by atoms with Crippen LogP contribution in [0.15, 0.2) is 47.3 Å². The number of nitrogens with two attached hydrogens (primary N) is 1. The minimum Gasteiger partial charge on any atom is -0.458 e. The molecule has 0 fully saturated rings. The lowest BCUT2D eigenvalue weighted by molar-refractivity contribution is -0.172. The van der Waals surface area contributed by atoms with Crippen LogP contribution in [-0.4, -0.2) is 360 Å². The zero-order chi connectivity index (χ0) is 99.7. The second kappa shape index (κ2) is 45.4. The van der Waals surface area contributed by atoms with Gasteiger partial charge in [0, 0.05) is 144 Å². The van der Waals surface area contributed by atoms with Crippen molar-refractivity contribution in [2.75, 3.05) is 160 Å². The van der Waals surface area contributed by atoms with Gasteiger partial charge in [-0.1, -0.05) is 26.8 Å². The van der Waals surface area contributed by atoms with Crippen LogP contribution in [0.25, 0.3) is 22.3 Å². The highest BCUT2D eigenvalue weighted by Crippen LogP contribution is 2.46. The summed E-state index contributed by atoms with van der Waals surface area (Å²) in [4.78, 5) is 306. The highest BCUT2D eigenvalue weighted by atomic mass is 19.1. The number of carbonyl (C=O) groups is 21. The van der Waals surface area contributed by atoms with Gasteiger partial charge in [-0.15, -0.1) is 0 Å². The molecule has 0 saturated heterocycles. The molecule has 47 heteroatoms. The summed E-state index contributed by atoms with van der Waals surface area (Å²) in [7, 11) is 12.6. The van der Waals surface area contributed by atoms with Gasteiger partial charge >= 0.3 is 12.1 Å². The fourth-order valence-corrected chi connectivity index (χ4v) is 14.9. The zero-order valence-electron chi connectivity index (χ0n) is 77.5. The number of imide groups is 1. The van der Waals surface area contributed by atoms with E-state index in [-0.39, 0.29) is 83.9 Å². The molecule has 4 aromatic rings. The number of primary amides is 1. The molecule has 2 aromatic carbocycles. The van der Waals surface area contributed by atoms with Gasteiger partial charge in [-0.3, -0.25) is 101 Å². The average Bonchev–Trinajstić information content (AvgIpc) is 1.62. The van der Waals surface area contributed by atoms with Gasteiger partial charge in [-0.2, -0.15) is 0 Å². The van der Waals surface area contributed by atoms with E-state index in [1.54, 1.807) is 27.7 Å². The SMILES string of the molecule is CC[C@@]1(O)C(=O)OCc2c1cc1n(c2=O)Cc2c-1nc1cc(F)c(C)c3c1c2[C@@H](NC(=O)OCc1ccc(NC(=O)[C@H](C)NC(=O)[C@@H](NC(C)=O)C(C)C)c(NC(=O)CCNC(=O)CC[C@H](NC(=O)CCN2C(=O)C=CC2=O)C(=O)N(C)CC(=O)N(C)CC(=O)N(C)CC(=O)N(C)CC(=O)N(C)CC(=O)N(C)CC(=O)N(C)CC(=O)N(C)CC(=O)N(C)CC(=O)N(C)CC(N)=O)c1)CC3. The van der Waals surface area contributed by atoms with Crippen molar-refractivity contribution in [3.63, 3.8) is 0 Å². The molecule has 3 aliphatic heterocycles. The molecule has 46 nitrogen and oxygen atoms in total. The van der Waals surface area contributed by atoms with E-state index in [1.807, 2.05) is 0 Å². The number of esters is 1. The van der Waals surface area contributed by atoms with Crippen LogP contribution in [-0.2, 0) is 137 Å². The van der Waals surface area contributed by atoms with E-state index >= 15 is 4.39 Å². The van der Waals surface area contributed by atoms with Crippen molar-refractivity contribution in [1.82, 2.24) is 90.0 Å². The van der Waals surface area contributed by atoms with Crippen LogP contribution in [0.1, 0.15) is 118 Å². The molecule has 20 amide bonds. The largest absolute Gasteiger partial charge is 0.458 e. The molecule has 10 N–H and O–H groups in total. The van der Waals surface area contributed by atoms with E-state index in [0.29, 0.717) is 27.6 Å². The first kappa shape index (κ1) is 105. The number of pyridine rings is 2. The summed E-state index contributed by atoms with van der Waals surface area (Å²) in [6.45, 7) is 1.98. The summed E-state index contributed by atoms with van der Waals surface area (Å²) >= 11 is 0. The van der Waals surface area contributed by atoms with Crippen molar-refractivity contribution in [2.24, 2.45) is 11.7 Å². The maximum absolute atomic E-state index is 15.7. The van der Waals surface area contributed by atoms with E-state index in [2.05, 4.69) is 37.2 Å². The number of hydrogen-bond acceptors (Lipinski definition) is 26. The molecule has 2 aromatic heterocycles. The lowest BCUT2D eigenvalue weighted by Gasteiger charge is -2.31. The third-order valence-electron chi connectivity index (χ3n) is 23.1. The number of anilines is 2. The third kappa shape index (κ3) is 26.4. The number of amides is 20. The Kier molecular flexibility index (Phi) is 35.5. The Labute approximate surface area is 769 Å². The number of cyclic esters (lactones) is 1. The maximum atomic E-state index is 15.7. The minimum absolute atomic E-state index is 0.0321. The van der Waals surface area contributed by atoms with E-state index in [1.165, 1.54) is 119 Å². The number of rotatable bonds is 42. The molecule has 724 valence electrons. The Hall–Kier alpha value is -14.7. The fraction of sp³-hybridized carbons (Fsp3) is 0.506. The average molecular weight is 1870 g/mol. The normalized spacial score (nSPS) is 14.9. The molecular weight excluding hydrogens is 1760 g/mol. The van der Waals surface area contributed by atoms with Crippen LogP contribution in [0.4, 0.5) is 20.6 Å². The summed E-state index contributed by atoms with van der Waals surface area (Å²) < 4.78 is 28.2. The highest BCUT2D eigenvalue weighted by Gasteiger charge is 2.47. The quantitative estimate of drug-likeness (QED) is 0.0133. The van der Waals surface area contributed by atoms with E-state index < -0.39 is 276 Å². The highest BCUT2D eigenvalue weighted by molar-refractivity contribution is 6.13. The van der Waals surface area contributed by atoms with Crippen LogP contribution in [0, 0.1) is 18.7 Å². The zero-order valence-corrected chi connectivity index (χ0v) is 77.5. The van der Waals surface area contributed by atoms with Crippen LogP contribution < -0.4 is 48.5 Å². The molecule has 134 heavy (non-hydrogen) atoms. The topological polar surface area (TPSA) is 578 Å². The van der Waals surface area contributed by atoms with Gasteiger partial charge in [0.25, 0.3) is 17.4 Å². The van der Waals surface area contributed by atoms with Gasteiger partial charge in [-0.05, 0) is 85.9 Å². The number of hydrogen-bond donors (Lipinski definition) is 9. The number of aromatic nitrogens is 2. The molecule has 8 rings (SSSR count). The van der Waals surface area contributed by atoms with Crippen LogP contribution in [0.5, 0.6) is 0 Å². The molecule has 1 aliphatic carbocycles. The molecule has 0 saturated carbocycles. The monoisotopic (exact) mass is 1870 g/mol. The lowest BCUT2D eigenvalue weighted by atomic mass is 9.81. The number of aliphatic hydroxyl groups is 1. The van der Waals surface area contributed by atoms with Crippen molar-refractivity contribution in [3.05, 3.63) is 97.6 Å². The molecule has 4 aliphatic rings. The van der Waals surface area contributed by atoms with E-state index in [0.717, 1.165) is 66.1 Å². The second-order valence-corrected chi connectivity index (χ2v) is 33.8. The van der Waals surface area contributed by atoms with Crippen molar-refractivity contribution in [1.29, 1.82) is 0 Å². The van der Waals surface area contributed by atoms with Gasteiger partial charge < -0.3 is 111 Å². The maximum Gasteiger partial charge on any atom is 0.407 e. The predicted molar refractivity (Wildman–Crippen MR) is 472 cm³/mol. The number of likely N-dealkylation sites (N-methyl/N-ethyl adjacent to an activating group) is 10. The smallest absolute Gasteiger partial charge is 0.407 e. The van der Waals surface area contributed by atoms with Gasteiger partial charge in [0.1, 0.15) is 37.2 Å². The minimum atomic E-state index is -2.14. The molecule has 0 unspecified atom stereocenters. The van der Waals surface area contributed by atoms with E-state index in [4.69, 9.17) is 20.2 Å². The number of carbonyl (C=O) groups excluding carboxylic acids is 21. The van der Waals surface area contributed by atoms with Gasteiger partial charge in [0.15, 0.2) is 5.60 Å². The Balaban J connectivity index is 0.856. The van der Waals surface area contributed by atoms with Crippen LogP contribution in [0.2, 0.25) is 0 Å². The Morgan fingerprint density at radius 3 is 1.58 bits per heavy atom. The summed E-state index contributed by atoms with van der Waals surface area (Å²) in [5.41, 5.74) is 5.45. The van der Waals surface area contributed by atoms with Crippen molar-refractivity contribution < 1.29 is 120 Å². The van der Waals surface area contributed by atoms with Gasteiger partial charge in [0.2, 0.25) is 100 Å².